The van der Waals surface area contributed by atoms with Gasteiger partial charge in [0.1, 0.15) is 0 Å². The Bertz CT molecular complexity index is 444. The van der Waals surface area contributed by atoms with Crippen molar-refractivity contribution in [2.75, 3.05) is 27.9 Å². The first kappa shape index (κ1) is 20.0. The molecule has 0 bridgehead atoms. The molecular weight excluding hydrogens is 308 g/mol. The van der Waals surface area contributed by atoms with Crippen LogP contribution in [0.25, 0.3) is 0 Å². The molecule has 5 nitrogen and oxygen atoms in total. The van der Waals surface area contributed by atoms with Gasteiger partial charge >= 0.3 is 8.80 Å². The first-order valence-corrected chi connectivity index (χ1v) is 9.93. The van der Waals surface area contributed by atoms with Crippen molar-refractivity contribution in [3.63, 3.8) is 0 Å². The van der Waals surface area contributed by atoms with Crippen LogP contribution in [-0.2, 0) is 19.7 Å². The van der Waals surface area contributed by atoms with Gasteiger partial charge in [-0.15, -0.1) is 0 Å². The molecule has 0 saturated heterocycles. The van der Waals surface area contributed by atoms with Gasteiger partial charge < -0.3 is 19.0 Å². The first-order valence-electron chi connectivity index (χ1n) is 8.00. The molecule has 1 aromatic carbocycles. The molecule has 0 spiro atoms. The van der Waals surface area contributed by atoms with Crippen LogP contribution < -0.4 is 5.73 Å². The number of benzene rings is 1. The summed E-state index contributed by atoms with van der Waals surface area (Å²) in [5, 5.41) is 0. The van der Waals surface area contributed by atoms with E-state index in [1.54, 1.807) is 21.3 Å². The van der Waals surface area contributed by atoms with Crippen molar-refractivity contribution in [1.29, 1.82) is 0 Å². The number of hydrogen-bond donors (Lipinski definition) is 1. The van der Waals surface area contributed by atoms with E-state index in [9.17, 15) is 0 Å². The Morgan fingerprint density at radius 2 is 1.74 bits per heavy atom. The summed E-state index contributed by atoms with van der Waals surface area (Å²) in [6, 6.07) is 11.1. The molecule has 2 N–H and O–H groups in total. The van der Waals surface area contributed by atoms with E-state index in [2.05, 4.69) is 24.0 Å². The third-order valence-electron chi connectivity index (χ3n) is 4.14. The highest BCUT2D eigenvalue weighted by molar-refractivity contribution is 6.60. The summed E-state index contributed by atoms with van der Waals surface area (Å²) in [6.45, 7) is 2.86. The monoisotopic (exact) mass is 338 g/mol. The summed E-state index contributed by atoms with van der Waals surface area (Å²) in [5.41, 5.74) is 7.53. The lowest BCUT2D eigenvalue weighted by Gasteiger charge is -2.26. The fraction of sp³-hybridized carbons (Fsp3) is 0.588. The number of hydrogen-bond acceptors (Lipinski definition) is 5. The van der Waals surface area contributed by atoms with Gasteiger partial charge in [0, 0.05) is 52.6 Å². The van der Waals surface area contributed by atoms with Crippen LogP contribution in [-0.4, -0.2) is 48.9 Å². The smallest absolute Gasteiger partial charge is 0.377 e. The van der Waals surface area contributed by atoms with E-state index in [0.717, 1.165) is 25.4 Å². The quantitative estimate of drug-likeness (QED) is 0.497. The molecule has 0 fully saturated rings. The molecule has 0 aliphatic rings. The van der Waals surface area contributed by atoms with Gasteiger partial charge in [0.05, 0.1) is 0 Å². The van der Waals surface area contributed by atoms with Gasteiger partial charge in [0.15, 0.2) is 0 Å². The minimum absolute atomic E-state index is 0.0520. The Morgan fingerprint density at radius 3 is 2.30 bits per heavy atom. The molecule has 0 radical (unpaired) electrons. The van der Waals surface area contributed by atoms with Gasteiger partial charge in [-0.3, -0.25) is 4.99 Å². The highest BCUT2D eigenvalue weighted by atomic mass is 28.4. The second-order valence-electron chi connectivity index (χ2n) is 5.71. The third-order valence-corrected chi connectivity index (χ3v) is 6.91. The number of aliphatic imine (C=N–C) groups is 1. The normalized spacial score (nSPS) is 15.0. The van der Waals surface area contributed by atoms with Crippen LogP contribution >= 0.6 is 0 Å². The van der Waals surface area contributed by atoms with E-state index in [4.69, 9.17) is 19.0 Å². The third kappa shape index (κ3) is 6.93. The summed E-state index contributed by atoms with van der Waals surface area (Å²) in [6.07, 6.45) is 3.63. The van der Waals surface area contributed by atoms with Gasteiger partial charge in [-0.05, 0) is 17.9 Å². The first-order chi connectivity index (χ1) is 11.1. The van der Waals surface area contributed by atoms with E-state index in [-0.39, 0.29) is 6.04 Å². The van der Waals surface area contributed by atoms with Gasteiger partial charge in [-0.1, -0.05) is 37.3 Å². The van der Waals surface area contributed by atoms with Crippen LogP contribution in [0.4, 0.5) is 0 Å². The van der Waals surface area contributed by atoms with Crippen LogP contribution in [0.5, 0.6) is 0 Å². The van der Waals surface area contributed by atoms with E-state index >= 15 is 0 Å². The molecule has 2 atom stereocenters. The van der Waals surface area contributed by atoms with Crippen LogP contribution in [0.2, 0.25) is 6.04 Å². The van der Waals surface area contributed by atoms with Crippen LogP contribution in [0.15, 0.2) is 35.3 Å². The molecule has 130 valence electrons. The maximum atomic E-state index is 6.26. The summed E-state index contributed by atoms with van der Waals surface area (Å²) in [7, 11) is 2.35. The Labute approximate surface area is 141 Å². The Balaban J connectivity index is 2.34. The van der Waals surface area contributed by atoms with Crippen molar-refractivity contribution in [3.8, 4) is 0 Å². The van der Waals surface area contributed by atoms with E-state index in [1.807, 2.05) is 24.4 Å². The molecule has 23 heavy (non-hydrogen) atoms. The highest BCUT2D eigenvalue weighted by Gasteiger charge is 2.38. The van der Waals surface area contributed by atoms with Crippen molar-refractivity contribution in [2.24, 2.45) is 16.6 Å². The molecule has 6 heteroatoms. The maximum absolute atomic E-state index is 6.26. The summed E-state index contributed by atoms with van der Waals surface area (Å²) in [5.74, 6) is 0.305. The summed E-state index contributed by atoms with van der Waals surface area (Å²) >= 11 is 0. The number of nitrogens with zero attached hydrogens (tertiary/aromatic N) is 1. The lowest BCUT2D eigenvalue weighted by Crippen LogP contribution is -2.44. The van der Waals surface area contributed by atoms with Gasteiger partial charge in [-0.2, -0.15) is 0 Å². The van der Waals surface area contributed by atoms with Gasteiger partial charge in [-0.25, -0.2) is 0 Å². The molecule has 2 unspecified atom stereocenters. The number of nitrogens with two attached hydrogens (primary N) is 1. The minimum atomic E-state index is -2.53. The van der Waals surface area contributed by atoms with E-state index in [1.165, 1.54) is 5.56 Å². The predicted octanol–water partition coefficient (Wildman–Crippen LogP) is 2.53. The standard InChI is InChI=1S/C17H30N2O3Si/c1-15(14-19-12-10-16-8-6-5-7-9-16)17(18)11-13-23(20-2,21-3)22-4/h5-9,12,15,17H,10-11,13-14,18H2,1-4H3. The molecule has 0 aliphatic carbocycles. The molecule has 0 aromatic heterocycles. The second kappa shape index (κ2) is 10.7. The van der Waals surface area contributed by atoms with Crippen LogP contribution in [0.3, 0.4) is 0 Å². The molecule has 0 heterocycles. The molecular formula is C17H30N2O3Si. The van der Waals surface area contributed by atoms with Crippen molar-refractivity contribution >= 4 is 15.0 Å². The molecule has 0 saturated carbocycles. The zero-order valence-corrected chi connectivity index (χ0v) is 15.7. The molecule has 0 amide bonds. The Kier molecular flexibility index (Phi) is 9.28. The Hall–Kier alpha value is -1.05. The molecule has 1 aromatic rings. The summed E-state index contributed by atoms with van der Waals surface area (Å²) < 4.78 is 16.3. The van der Waals surface area contributed by atoms with Crippen molar-refractivity contribution in [1.82, 2.24) is 0 Å². The van der Waals surface area contributed by atoms with Crippen LogP contribution in [0.1, 0.15) is 18.9 Å². The van der Waals surface area contributed by atoms with Crippen molar-refractivity contribution < 1.29 is 13.3 Å². The fourth-order valence-electron chi connectivity index (χ4n) is 2.34. The van der Waals surface area contributed by atoms with Crippen molar-refractivity contribution in [2.45, 2.75) is 31.9 Å². The van der Waals surface area contributed by atoms with Crippen LogP contribution in [0, 0.1) is 5.92 Å². The highest BCUT2D eigenvalue weighted by Crippen LogP contribution is 2.18. The van der Waals surface area contributed by atoms with E-state index in [0.29, 0.717) is 5.92 Å². The van der Waals surface area contributed by atoms with E-state index < -0.39 is 8.80 Å². The van der Waals surface area contributed by atoms with Gasteiger partial charge in [0.2, 0.25) is 0 Å². The average molecular weight is 339 g/mol. The Morgan fingerprint density at radius 1 is 1.13 bits per heavy atom. The second-order valence-corrected chi connectivity index (χ2v) is 8.80. The van der Waals surface area contributed by atoms with Crippen molar-refractivity contribution in [3.05, 3.63) is 35.9 Å². The minimum Gasteiger partial charge on any atom is -0.377 e. The molecule has 1 rings (SSSR count). The SMILES string of the molecule is CO[Si](CCC(N)C(C)CN=CCc1ccccc1)(OC)OC. The zero-order chi connectivity index (χ0) is 17.1. The lowest BCUT2D eigenvalue weighted by molar-refractivity contribution is 0.121. The summed E-state index contributed by atoms with van der Waals surface area (Å²) in [4.78, 5) is 4.51. The average Bonchev–Trinajstić information content (AvgIpc) is 2.61. The maximum Gasteiger partial charge on any atom is 0.500 e. The largest absolute Gasteiger partial charge is 0.500 e. The van der Waals surface area contributed by atoms with Gasteiger partial charge in [0.25, 0.3) is 0 Å². The zero-order valence-electron chi connectivity index (χ0n) is 14.7. The fourth-order valence-corrected chi connectivity index (χ4v) is 4.14. The lowest BCUT2D eigenvalue weighted by atomic mass is 10.0. The molecule has 0 aliphatic heterocycles. The predicted molar refractivity (Wildman–Crippen MR) is 96.8 cm³/mol. The number of rotatable bonds is 11. The topological polar surface area (TPSA) is 66.1 Å².